The van der Waals surface area contributed by atoms with E-state index in [1.165, 1.54) is 5.56 Å². The Morgan fingerprint density at radius 2 is 2.09 bits per heavy atom. The molecule has 0 radical (unpaired) electrons. The Morgan fingerprint density at radius 1 is 1.18 bits per heavy atom. The Kier molecular flexibility index (Phi) is 8.91. The Bertz CT molecular complexity index is 1050. The summed E-state index contributed by atoms with van der Waals surface area (Å²) in [6.45, 7) is 5.12. The van der Waals surface area contributed by atoms with Crippen LogP contribution in [0.1, 0.15) is 36.9 Å². The molecule has 180 valence electrons. The van der Waals surface area contributed by atoms with Gasteiger partial charge in [-0.3, -0.25) is 9.88 Å². The lowest BCUT2D eigenvalue weighted by Crippen LogP contribution is -2.41. The van der Waals surface area contributed by atoms with Crippen LogP contribution < -0.4 is 4.74 Å². The highest BCUT2D eigenvalue weighted by Gasteiger charge is 2.28. The zero-order valence-electron chi connectivity index (χ0n) is 20.3. The summed E-state index contributed by atoms with van der Waals surface area (Å²) < 4.78 is 10.7. The number of thioether (sulfide) groups is 1. The standard InChI is InChI=1S/C27H34N4O2S/c1-20(15-21-7-5-11-28-17-21)31-12-6-9-23(19-31)26-25(22-8-4-10-24(16-22)33-3)18-29-27(30-26)34-14-13-32-2/h4-5,7-8,10-11,16-18,20,23H,6,9,12-15,19H2,1-3H3. The van der Waals surface area contributed by atoms with E-state index in [9.17, 15) is 0 Å². The number of pyridine rings is 1. The first-order chi connectivity index (χ1) is 16.7. The zero-order valence-corrected chi connectivity index (χ0v) is 21.1. The lowest BCUT2D eigenvalue weighted by Gasteiger charge is -2.37. The Balaban J connectivity index is 1.59. The first kappa shape index (κ1) is 24.6. The van der Waals surface area contributed by atoms with E-state index in [1.807, 2.05) is 36.8 Å². The molecule has 0 saturated carbocycles. The average molecular weight is 479 g/mol. The van der Waals surface area contributed by atoms with Crippen LogP contribution in [0.4, 0.5) is 0 Å². The molecule has 1 aromatic carbocycles. The van der Waals surface area contributed by atoms with Crippen molar-refractivity contribution in [1.82, 2.24) is 19.9 Å². The molecule has 2 atom stereocenters. The van der Waals surface area contributed by atoms with Crippen LogP contribution in [0, 0.1) is 0 Å². The van der Waals surface area contributed by atoms with Crippen molar-refractivity contribution < 1.29 is 9.47 Å². The second kappa shape index (κ2) is 12.3. The average Bonchev–Trinajstić information content (AvgIpc) is 2.89. The molecule has 3 aromatic rings. The van der Waals surface area contributed by atoms with Gasteiger partial charge in [0.2, 0.25) is 0 Å². The fourth-order valence-corrected chi connectivity index (χ4v) is 5.33. The molecule has 0 N–H and O–H groups in total. The van der Waals surface area contributed by atoms with Gasteiger partial charge < -0.3 is 9.47 Å². The number of ether oxygens (including phenoxy) is 2. The maximum absolute atomic E-state index is 5.48. The minimum Gasteiger partial charge on any atom is -0.497 e. The van der Waals surface area contributed by atoms with Crippen LogP contribution in [-0.4, -0.2) is 65.6 Å². The number of methoxy groups -OCH3 is 2. The molecule has 1 aliphatic heterocycles. The number of aromatic nitrogens is 3. The van der Waals surface area contributed by atoms with Gasteiger partial charge in [-0.1, -0.05) is 30.0 Å². The van der Waals surface area contributed by atoms with Crippen LogP contribution >= 0.6 is 11.8 Å². The third-order valence-electron chi connectivity index (χ3n) is 6.41. The summed E-state index contributed by atoms with van der Waals surface area (Å²) in [7, 11) is 3.43. The second-order valence-electron chi connectivity index (χ2n) is 8.77. The third-order valence-corrected chi connectivity index (χ3v) is 7.24. The summed E-state index contributed by atoms with van der Waals surface area (Å²) in [4.78, 5) is 16.7. The van der Waals surface area contributed by atoms with E-state index in [-0.39, 0.29) is 0 Å². The molecule has 7 heteroatoms. The SMILES string of the molecule is COCCSc1ncc(-c2cccc(OC)c2)c(C2CCCN(C(C)Cc3cccnc3)C2)n1. The molecule has 6 nitrogen and oxygen atoms in total. The van der Waals surface area contributed by atoms with Gasteiger partial charge in [0.1, 0.15) is 5.75 Å². The van der Waals surface area contributed by atoms with E-state index in [2.05, 4.69) is 40.0 Å². The Hall–Kier alpha value is -2.48. The monoisotopic (exact) mass is 478 g/mol. The van der Waals surface area contributed by atoms with Gasteiger partial charge in [0.25, 0.3) is 0 Å². The lowest BCUT2D eigenvalue weighted by atomic mass is 9.89. The van der Waals surface area contributed by atoms with Crippen molar-refractivity contribution in [2.75, 3.05) is 39.7 Å². The van der Waals surface area contributed by atoms with Gasteiger partial charge in [-0.2, -0.15) is 0 Å². The molecule has 34 heavy (non-hydrogen) atoms. The first-order valence-corrected chi connectivity index (χ1v) is 12.9. The van der Waals surface area contributed by atoms with Crippen LogP contribution in [0.2, 0.25) is 0 Å². The molecule has 0 bridgehead atoms. The summed E-state index contributed by atoms with van der Waals surface area (Å²) in [6, 6.07) is 12.8. The highest BCUT2D eigenvalue weighted by atomic mass is 32.2. The van der Waals surface area contributed by atoms with Crippen molar-refractivity contribution in [3.8, 4) is 16.9 Å². The summed E-state index contributed by atoms with van der Waals surface area (Å²) in [6.07, 6.45) is 9.10. The van der Waals surface area contributed by atoms with Gasteiger partial charge >= 0.3 is 0 Å². The normalized spacial score (nSPS) is 17.4. The zero-order chi connectivity index (χ0) is 23.8. The molecule has 4 rings (SSSR count). The fraction of sp³-hybridized carbons (Fsp3) is 0.444. The number of nitrogens with zero attached hydrogens (tertiary/aromatic N) is 4. The molecule has 0 amide bonds. The van der Waals surface area contributed by atoms with Crippen molar-refractivity contribution in [1.29, 1.82) is 0 Å². The van der Waals surface area contributed by atoms with Crippen LogP contribution in [0.15, 0.2) is 60.1 Å². The Morgan fingerprint density at radius 3 is 2.88 bits per heavy atom. The molecule has 2 aromatic heterocycles. The number of likely N-dealkylation sites (tertiary alicyclic amines) is 1. The smallest absolute Gasteiger partial charge is 0.187 e. The van der Waals surface area contributed by atoms with Gasteiger partial charge in [0.05, 0.1) is 19.4 Å². The second-order valence-corrected chi connectivity index (χ2v) is 9.84. The minimum atomic E-state index is 0.357. The minimum absolute atomic E-state index is 0.357. The van der Waals surface area contributed by atoms with E-state index in [0.29, 0.717) is 18.6 Å². The number of hydrogen-bond acceptors (Lipinski definition) is 7. The topological polar surface area (TPSA) is 60.4 Å². The van der Waals surface area contributed by atoms with Crippen LogP contribution in [0.25, 0.3) is 11.1 Å². The fourth-order valence-electron chi connectivity index (χ4n) is 4.61. The van der Waals surface area contributed by atoms with Crippen molar-refractivity contribution in [3.05, 3.63) is 66.2 Å². The predicted octanol–water partition coefficient (Wildman–Crippen LogP) is 5.10. The van der Waals surface area contributed by atoms with Gasteiger partial charge in [0.15, 0.2) is 5.16 Å². The molecule has 0 aliphatic carbocycles. The predicted molar refractivity (Wildman–Crippen MR) is 138 cm³/mol. The van der Waals surface area contributed by atoms with E-state index in [1.54, 1.807) is 26.0 Å². The molecule has 0 spiro atoms. The van der Waals surface area contributed by atoms with Crippen molar-refractivity contribution in [2.24, 2.45) is 0 Å². The molecule has 1 fully saturated rings. The highest BCUT2D eigenvalue weighted by Crippen LogP contribution is 2.35. The molecular formula is C27H34N4O2S. The van der Waals surface area contributed by atoms with Crippen molar-refractivity contribution in [2.45, 2.75) is 43.3 Å². The number of hydrogen-bond donors (Lipinski definition) is 0. The van der Waals surface area contributed by atoms with Gasteiger partial charge in [-0.05, 0) is 62.1 Å². The molecular weight excluding hydrogens is 444 g/mol. The van der Waals surface area contributed by atoms with Gasteiger partial charge in [-0.15, -0.1) is 0 Å². The quantitative estimate of drug-likeness (QED) is 0.228. The summed E-state index contributed by atoms with van der Waals surface area (Å²) in [5.74, 6) is 2.04. The molecule has 2 unspecified atom stereocenters. The molecule has 1 saturated heterocycles. The van der Waals surface area contributed by atoms with Gasteiger partial charge in [0, 0.05) is 55.5 Å². The number of rotatable bonds is 10. The lowest BCUT2D eigenvalue weighted by molar-refractivity contribution is 0.155. The van der Waals surface area contributed by atoms with Crippen molar-refractivity contribution >= 4 is 11.8 Å². The van der Waals surface area contributed by atoms with Crippen LogP contribution in [-0.2, 0) is 11.2 Å². The van der Waals surface area contributed by atoms with Gasteiger partial charge in [-0.25, -0.2) is 9.97 Å². The highest BCUT2D eigenvalue weighted by molar-refractivity contribution is 7.99. The summed E-state index contributed by atoms with van der Waals surface area (Å²) >= 11 is 1.65. The van der Waals surface area contributed by atoms with E-state index in [4.69, 9.17) is 14.5 Å². The Labute approximate surface area is 207 Å². The summed E-state index contributed by atoms with van der Waals surface area (Å²) in [5.41, 5.74) is 4.62. The maximum atomic E-state index is 5.48. The number of piperidine rings is 1. The van der Waals surface area contributed by atoms with Crippen LogP contribution in [0.5, 0.6) is 5.75 Å². The molecule has 1 aliphatic rings. The third kappa shape index (κ3) is 6.34. The summed E-state index contributed by atoms with van der Waals surface area (Å²) in [5, 5.41) is 0.819. The number of benzene rings is 1. The maximum Gasteiger partial charge on any atom is 0.187 e. The first-order valence-electron chi connectivity index (χ1n) is 11.9. The van der Waals surface area contributed by atoms with Crippen molar-refractivity contribution in [3.63, 3.8) is 0 Å². The van der Waals surface area contributed by atoms with Crippen LogP contribution in [0.3, 0.4) is 0 Å². The van der Waals surface area contributed by atoms with E-state index < -0.39 is 0 Å². The van der Waals surface area contributed by atoms with E-state index >= 15 is 0 Å². The largest absolute Gasteiger partial charge is 0.497 e. The molecule has 3 heterocycles. The van der Waals surface area contributed by atoms with E-state index in [0.717, 1.165) is 65.8 Å².